The van der Waals surface area contributed by atoms with Gasteiger partial charge in [0.2, 0.25) is 5.91 Å². The maximum atomic E-state index is 12.7. The van der Waals surface area contributed by atoms with E-state index in [1.807, 2.05) is 36.3 Å². The van der Waals surface area contributed by atoms with Gasteiger partial charge in [-0.25, -0.2) is 0 Å². The first-order valence-corrected chi connectivity index (χ1v) is 8.31. The summed E-state index contributed by atoms with van der Waals surface area (Å²) in [6.45, 7) is 0.737. The number of methoxy groups -OCH3 is 2. The predicted molar refractivity (Wildman–Crippen MR) is 95.5 cm³/mol. The Hall–Kier alpha value is -2.76. The fourth-order valence-corrected chi connectivity index (χ4v) is 3.24. The van der Waals surface area contributed by atoms with E-state index in [0.29, 0.717) is 0 Å². The molecule has 0 N–H and O–H groups in total. The van der Waals surface area contributed by atoms with Gasteiger partial charge in [0.1, 0.15) is 11.5 Å². The molecule has 1 atom stereocenters. The molecule has 1 aliphatic heterocycles. The van der Waals surface area contributed by atoms with Crippen molar-refractivity contribution < 1.29 is 14.3 Å². The van der Waals surface area contributed by atoms with Gasteiger partial charge in [0.05, 0.1) is 26.5 Å². The van der Waals surface area contributed by atoms with Gasteiger partial charge in [-0.2, -0.15) is 5.10 Å². The van der Waals surface area contributed by atoms with E-state index < -0.39 is 0 Å². The molecule has 0 bridgehead atoms. The number of benzene rings is 1. The zero-order valence-electron chi connectivity index (χ0n) is 14.8. The van der Waals surface area contributed by atoms with Crippen LogP contribution in [0.3, 0.4) is 0 Å². The highest BCUT2D eigenvalue weighted by molar-refractivity contribution is 5.92. The van der Waals surface area contributed by atoms with E-state index in [0.717, 1.165) is 42.0 Å². The van der Waals surface area contributed by atoms with Gasteiger partial charge in [-0.05, 0) is 37.1 Å². The van der Waals surface area contributed by atoms with E-state index in [2.05, 4.69) is 5.10 Å². The molecule has 1 fully saturated rings. The molecule has 0 aliphatic carbocycles. The summed E-state index contributed by atoms with van der Waals surface area (Å²) in [6, 6.07) is 5.71. The van der Waals surface area contributed by atoms with Crippen molar-refractivity contribution in [3.8, 4) is 11.5 Å². The van der Waals surface area contributed by atoms with Gasteiger partial charge in [0.25, 0.3) is 0 Å². The van der Waals surface area contributed by atoms with Crippen LogP contribution in [-0.2, 0) is 11.8 Å². The second-order valence-electron chi connectivity index (χ2n) is 6.08. The first-order chi connectivity index (χ1) is 12.1. The monoisotopic (exact) mass is 341 g/mol. The van der Waals surface area contributed by atoms with Crippen molar-refractivity contribution in [3.05, 3.63) is 47.8 Å². The number of aromatic nitrogens is 2. The molecule has 1 amide bonds. The molecule has 3 rings (SSSR count). The summed E-state index contributed by atoms with van der Waals surface area (Å²) >= 11 is 0. The van der Waals surface area contributed by atoms with Crippen LogP contribution in [0.2, 0.25) is 0 Å². The number of carbonyl (C=O) groups excluding carboxylic acids is 1. The van der Waals surface area contributed by atoms with Crippen LogP contribution in [0.1, 0.15) is 30.0 Å². The molecule has 6 heteroatoms. The summed E-state index contributed by atoms with van der Waals surface area (Å²) < 4.78 is 12.5. The number of hydrogen-bond acceptors (Lipinski definition) is 4. The third-order valence-corrected chi connectivity index (χ3v) is 4.47. The van der Waals surface area contributed by atoms with Gasteiger partial charge in [0, 0.05) is 37.0 Å². The van der Waals surface area contributed by atoms with Crippen molar-refractivity contribution in [1.82, 2.24) is 14.7 Å². The summed E-state index contributed by atoms with van der Waals surface area (Å²) in [4.78, 5) is 14.6. The molecule has 0 saturated carbocycles. The number of hydrogen-bond donors (Lipinski definition) is 0. The van der Waals surface area contributed by atoms with Crippen LogP contribution in [0, 0.1) is 0 Å². The number of ether oxygens (including phenoxy) is 2. The van der Waals surface area contributed by atoms with Crippen LogP contribution >= 0.6 is 0 Å². The van der Waals surface area contributed by atoms with Crippen LogP contribution in [0.5, 0.6) is 11.5 Å². The second kappa shape index (κ2) is 7.42. The van der Waals surface area contributed by atoms with Gasteiger partial charge in [0.15, 0.2) is 0 Å². The van der Waals surface area contributed by atoms with E-state index in [1.54, 1.807) is 37.3 Å². The minimum Gasteiger partial charge on any atom is -0.497 e. The maximum absolute atomic E-state index is 12.7. The molecule has 1 aromatic heterocycles. The van der Waals surface area contributed by atoms with Crippen molar-refractivity contribution in [2.75, 3.05) is 20.8 Å². The fraction of sp³-hybridized carbons (Fsp3) is 0.368. The molecular formula is C19H23N3O3. The Morgan fingerprint density at radius 2 is 2.16 bits per heavy atom. The van der Waals surface area contributed by atoms with Crippen LogP contribution in [0.4, 0.5) is 0 Å². The topological polar surface area (TPSA) is 56.6 Å². The Bertz CT molecular complexity index is 782. The normalized spacial score (nSPS) is 17.2. The van der Waals surface area contributed by atoms with Crippen molar-refractivity contribution in [1.29, 1.82) is 0 Å². The summed E-state index contributed by atoms with van der Waals surface area (Å²) in [5.41, 5.74) is 1.90. The molecule has 2 heterocycles. The van der Waals surface area contributed by atoms with Crippen molar-refractivity contribution in [2.24, 2.45) is 7.05 Å². The summed E-state index contributed by atoms with van der Waals surface area (Å²) in [7, 11) is 5.14. The molecular weight excluding hydrogens is 318 g/mol. The molecule has 0 radical (unpaired) electrons. The minimum absolute atomic E-state index is 0.00349. The SMILES string of the molecule is COc1ccc(OC)c(C2CCCN2C(=O)C=Cc2cnn(C)c2)c1. The molecule has 2 aromatic rings. The Morgan fingerprint density at radius 1 is 1.32 bits per heavy atom. The third kappa shape index (κ3) is 3.68. The van der Waals surface area contributed by atoms with Crippen molar-refractivity contribution in [2.45, 2.75) is 18.9 Å². The van der Waals surface area contributed by atoms with Gasteiger partial charge >= 0.3 is 0 Å². The van der Waals surface area contributed by atoms with Gasteiger partial charge < -0.3 is 14.4 Å². The lowest BCUT2D eigenvalue weighted by Crippen LogP contribution is -2.29. The van der Waals surface area contributed by atoms with Crippen molar-refractivity contribution >= 4 is 12.0 Å². The highest BCUT2D eigenvalue weighted by Crippen LogP contribution is 2.39. The molecule has 25 heavy (non-hydrogen) atoms. The average Bonchev–Trinajstić information content (AvgIpc) is 3.28. The lowest BCUT2D eigenvalue weighted by atomic mass is 10.0. The first kappa shape index (κ1) is 17.1. The van der Waals surface area contributed by atoms with Crippen LogP contribution in [-0.4, -0.2) is 41.4 Å². The zero-order chi connectivity index (χ0) is 17.8. The molecule has 1 saturated heterocycles. The summed E-state index contributed by atoms with van der Waals surface area (Å²) in [6.07, 6.45) is 8.90. The minimum atomic E-state index is -0.00361. The number of carbonyl (C=O) groups is 1. The smallest absolute Gasteiger partial charge is 0.247 e. The van der Waals surface area contributed by atoms with E-state index in [1.165, 1.54) is 0 Å². The molecule has 1 unspecified atom stereocenters. The van der Waals surface area contributed by atoms with E-state index >= 15 is 0 Å². The quantitative estimate of drug-likeness (QED) is 0.785. The maximum Gasteiger partial charge on any atom is 0.247 e. The Balaban J connectivity index is 1.82. The molecule has 6 nitrogen and oxygen atoms in total. The Morgan fingerprint density at radius 3 is 2.84 bits per heavy atom. The third-order valence-electron chi connectivity index (χ3n) is 4.47. The Kier molecular flexibility index (Phi) is 5.07. The Labute approximate surface area is 147 Å². The van der Waals surface area contributed by atoms with Crippen LogP contribution in [0.15, 0.2) is 36.7 Å². The fourth-order valence-electron chi connectivity index (χ4n) is 3.24. The highest BCUT2D eigenvalue weighted by atomic mass is 16.5. The van der Waals surface area contributed by atoms with E-state index in [9.17, 15) is 4.79 Å². The average molecular weight is 341 g/mol. The first-order valence-electron chi connectivity index (χ1n) is 8.31. The second-order valence-corrected chi connectivity index (χ2v) is 6.08. The highest BCUT2D eigenvalue weighted by Gasteiger charge is 2.31. The molecule has 0 spiro atoms. The molecule has 1 aromatic carbocycles. The number of amides is 1. The lowest BCUT2D eigenvalue weighted by Gasteiger charge is -2.25. The standard InChI is InChI=1S/C19H23N3O3/c1-21-13-14(12-20-21)6-9-19(23)22-10-4-5-17(22)16-11-15(24-2)7-8-18(16)25-3/h6-9,11-13,17H,4-5,10H2,1-3H3. The van der Waals surface area contributed by atoms with Gasteiger partial charge in [-0.3, -0.25) is 9.48 Å². The van der Waals surface area contributed by atoms with Gasteiger partial charge in [-0.15, -0.1) is 0 Å². The van der Waals surface area contributed by atoms with E-state index in [-0.39, 0.29) is 11.9 Å². The van der Waals surface area contributed by atoms with Crippen LogP contribution in [0.25, 0.3) is 6.08 Å². The molecule has 1 aliphatic rings. The predicted octanol–water partition coefficient (Wildman–Crippen LogP) is 2.81. The molecule has 132 valence electrons. The zero-order valence-corrected chi connectivity index (χ0v) is 14.8. The largest absolute Gasteiger partial charge is 0.497 e. The number of nitrogens with zero attached hydrogens (tertiary/aromatic N) is 3. The van der Waals surface area contributed by atoms with Crippen molar-refractivity contribution in [3.63, 3.8) is 0 Å². The van der Waals surface area contributed by atoms with Gasteiger partial charge in [-0.1, -0.05) is 0 Å². The van der Waals surface area contributed by atoms with Crippen LogP contribution < -0.4 is 9.47 Å². The summed E-state index contributed by atoms with van der Waals surface area (Å²) in [5, 5.41) is 4.11. The number of rotatable bonds is 5. The number of aryl methyl sites for hydroxylation is 1. The summed E-state index contributed by atoms with van der Waals surface area (Å²) in [5.74, 6) is 1.54. The van der Waals surface area contributed by atoms with E-state index in [4.69, 9.17) is 9.47 Å². The number of likely N-dealkylation sites (tertiary alicyclic amines) is 1. The lowest BCUT2D eigenvalue weighted by molar-refractivity contribution is -0.126.